The van der Waals surface area contributed by atoms with Gasteiger partial charge in [0.2, 0.25) is 5.69 Å². The summed E-state index contributed by atoms with van der Waals surface area (Å²) in [5, 5.41) is 1.37. The largest absolute Gasteiger partial charge is 0.416 e. The zero-order valence-electron chi connectivity index (χ0n) is 14.5. The van der Waals surface area contributed by atoms with Crippen LogP contribution in [0.4, 0.5) is 13.2 Å². The van der Waals surface area contributed by atoms with E-state index < -0.39 is 19.8 Å². The van der Waals surface area contributed by atoms with Gasteiger partial charge in [0.15, 0.2) is 6.20 Å². The number of hydrogen-bond donors (Lipinski definition) is 0. The van der Waals surface area contributed by atoms with E-state index in [9.17, 15) is 13.2 Å². The Morgan fingerprint density at radius 1 is 0.957 bits per heavy atom. The monoisotopic (exact) mass is 338 g/mol. The van der Waals surface area contributed by atoms with Gasteiger partial charge in [0.25, 0.3) is 0 Å². The van der Waals surface area contributed by atoms with Gasteiger partial charge in [-0.1, -0.05) is 19.6 Å². The minimum Gasteiger partial charge on any atom is -0.201 e. The molecule has 2 rings (SSSR count). The highest BCUT2D eigenvalue weighted by molar-refractivity contribution is 6.88. The average molecular weight is 338 g/mol. The number of nitrogens with zero attached hydrogens (tertiary/aromatic N) is 1. The highest BCUT2D eigenvalue weighted by Gasteiger charge is 2.31. The SMILES string of the molecule is Cc1cc(C(F)(F)F)ccc1-c1cc(C)c([Si](C)(C)C)c[n+]1C. The number of aromatic nitrogens is 1. The maximum atomic E-state index is 12.8. The lowest BCUT2D eigenvalue weighted by Crippen LogP contribution is -2.46. The Bertz CT molecular complexity index is 743. The number of hydrogen-bond acceptors (Lipinski definition) is 0. The molecule has 1 heterocycles. The molecule has 1 nitrogen and oxygen atoms in total. The van der Waals surface area contributed by atoms with Gasteiger partial charge in [0, 0.05) is 16.8 Å². The molecule has 0 N–H and O–H groups in total. The predicted octanol–water partition coefficient (Wildman–Crippen LogP) is 4.36. The van der Waals surface area contributed by atoms with Crippen LogP contribution < -0.4 is 9.75 Å². The van der Waals surface area contributed by atoms with E-state index in [1.165, 1.54) is 16.8 Å². The second-order valence-corrected chi connectivity index (χ2v) is 12.2. The Balaban J connectivity index is 2.58. The van der Waals surface area contributed by atoms with Crippen LogP contribution in [-0.4, -0.2) is 8.07 Å². The van der Waals surface area contributed by atoms with Crippen LogP contribution in [0.3, 0.4) is 0 Å². The Morgan fingerprint density at radius 3 is 2.04 bits per heavy atom. The molecule has 0 radical (unpaired) electrons. The van der Waals surface area contributed by atoms with Crippen LogP contribution in [0.1, 0.15) is 16.7 Å². The van der Waals surface area contributed by atoms with Crippen molar-refractivity contribution in [3.63, 3.8) is 0 Å². The number of halogens is 3. The summed E-state index contributed by atoms with van der Waals surface area (Å²) < 4.78 is 40.5. The molecule has 5 heteroatoms. The highest BCUT2D eigenvalue weighted by atomic mass is 28.3. The number of rotatable bonds is 2. The summed E-state index contributed by atoms with van der Waals surface area (Å²) in [6.45, 7) is 10.7. The molecule has 0 atom stereocenters. The van der Waals surface area contributed by atoms with Crippen molar-refractivity contribution in [3.8, 4) is 11.3 Å². The molecule has 0 aliphatic heterocycles. The van der Waals surface area contributed by atoms with Crippen molar-refractivity contribution in [3.05, 3.63) is 47.2 Å². The molecule has 2 aromatic rings. The first-order chi connectivity index (χ1) is 10.4. The van der Waals surface area contributed by atoms with E-state index in [4.69, 9.17) is 0 Å². The van der Waals surface area contributed by atoms with E-state index >= 15 is 0 Å². The van der Waals surface area contributed by atoms with Gasteiger partial charge in [0.1, 0.15) is 7.05 Å². The fourth-order valence-corrected chi connectivity index (χ4v) is 4.77. The predicted molar refractivity (Wildman–Crippen MR) is 90.5 cm³/mol. The maximum absolute atomic E-state index is 12.8. The number of aryl methyl sites for hydroxylation is 3. The lowest BCUT2D eigenvalue weighted by molar-refractivity contribution is -0.659. The van der Waals surface area contributed by atoms with Crippen molar-refractivity contribution in [2.75, 3.05) is 0 Å². The molecule has 0 bridgehead atoms. The van der Waals surface area contributed by atoms with Crippen molar-refractivity contribution < 1.29 is 17.7 Å². The summed E-state index contributed by atoms with van der Waals surface area (Å²) >= 11 is 0. The second kappa shape index (κ2) is 5.78. The van der Waals surface area contributed by atoms with E-state index in [0.29, 0.717) is 5.56 Å². The smallest absolute Gasteiger partial charge is 0.201 e. The van der Waals surface area contributed by atoms with Gasteiger partial charge in [-0.2, -0.15) is 13.2 Å². The molecule has 124 valence electrons. The Hall–Kier alpha value is -1.62. The Kier molecular flexibility index (Phi) is 4.46. The molecule has 0 fully saturated rings. The molecule has 0 unspecified atom stereocenters. The van der Waals surface area contributed by atoms with Crippen molar-refractivity contribution in [2.24, 2.45) is 7.05 Å². The van der Waals surface area contributed by atoms with E-state index in [2.05, 4.69) is 38.8 Å². The van der Waals surface area contributed by atoms with Gasteiger partial charge < -0.3 is 0 Å². The Morgan fingerprint density at radius 2 is 1.57 bits per heavy atom. The van der Waals surface area contributed by atoms with Crippen molar-refractivity contribution in [1.29, 1.82) is 0 Å². The first-order valence-corrected chi connectivity index (χ1v) is 11.1. The quantitative estimate of drug-likeness (QED) is 0.566. The summed E-state index contributed by atoms with van der Waals surface area (Å²) in [7, 11) is 0.504. The molecule has 0 spiro atoms. The summed E-state index contributed by atoms with van der Waals surface area (Å²) in [5.74, 6) is 0. The van der Waals surface area contributed by atoms with Crippen molar-refractivity contribution in [2.45, 2.75) is 39.7 Å². The minimum atomic E-state index is -4.30. The third kappa shape index (κ3) is 3.66. The van der Waals surface area contributed by atoms with Gasteiger partial charge in [-0.15, -0.1) is 0 Å². The first-order valence-electron chi connectivity index (χ1n) is 7.60. The van der Waals surface area contributed by atoms with Gasteiger partial charge in [-0.3, -0.25) is 0 Å². The lowest BCUT2D eigenvalue weighted by Gasteiger charge is -2.18. The van der Waals surface area contributed by atoms with E-state index in [1.54, 1.807) is 13.0 Å². The first kappa shape index (κ1) is 17.7. The van der Waals surface area contributed by atoms with Gasteiger partial charge >= 0.3 is 6.18 Å². The maximum Gasteiger partial charge on any atom is 0.416 e. The van der Waals surface area contributed by atoms with Gasteiger partial charge in [-0.05, 0) is 43.2 Å². The third-order valence-electron chi connectivity index (χ3n) is 4.12. The summed E-state index contributed by atoms with van der Waals surface area (Å²) in [4.78, 5) is 0. The zero-order valence-corrected chi connectivity index (χ0v) is 15.5. The molecule has 0 saturated heterocycles. The van der Waals surface area contributed by atoms with Crippen LogP contribution in [0, 0.1) is 13.8 Å². The topological polar surface area (TPSA) is 3.88 Å². The fourth-order valence-electron chi connectivity index (χ4n) is 2.93. The van der Waals surface area contributed by atoms with Crippen molar-refractivity contribution >= 4 is 13.3 Å². The third-order valence-corrected chi connectivity index (χ3v) is 6.26. The molecule has 0 aliphatic carbocycles. The minimum absolute atomic E-state index is 0.600. The van der Waals surface area contributed by atoms with Gasteiger partial charge in [-0.25, -0.2) is 4.57 Å². The summed E-state index contributed by atoms with van der Waals surface area (Å²) in [5.41, 5.74) is 3.02. The molecule has 0 saturated carbocycles. The molecular formula is C18H23F3NSi+. The van der Waals surface area contributed by atoms with Crippen LogP contribution >= 0.6 is 0 Å². The lowest BCUT2D eigenvalue weighted by atomic mass is 10.0. The van der Waals surface area contributed by atoms with Crippen LogP contribution in [0.25, 0.3) is 11.3 Å². The molecule has 0 amide bonds. The van der Waals surface area contributed by atoms with E-state index in [-0.39, 0.29) is 0 Å². The number of benzene rings is 1. The molecule has 0 aliphatic rings. The Labute approximate surface area is 136 Å². The van der Waals surface area contributed by atoms with Gasteiger partial charge in [0.05, 0.1) is 13.6 Å². The number of alkyl halides is 3. The molecule has 1 aromatic heterocycles. The zero-order chi connectivity index (χ0) is 17.6. The fraction of sp³-hybridized carbons (Fsp3) is 0.389. The normalized spacial score (nSPS) is 12.6. The molecular weight excluding hydrogens is 315 g/mol. The van der Waals surface area contributed by atoms with Crippen molar-refractivity contribution in [1.82, 2.24) is 0 Å². The second-order valence-electron chi connectivity index (χ2n) is 7.14. The summed E-state index contributed by atoms with van der Waals surface area (Å²) in [6.07, 6.45) is -2.17. The van der Waals surface area contributed by atoms with E-state index in [1.807, 2.05) is 11.6 Å². The van der Waals surface area contributed by atoms with Crippen LogP contribution in [0.5, 0.6) is 0 Å². The van der Waals surface area contributed by atoms with Crippen LogP contribution in [-0.2, 0) is 13.2 Å². The van der Waals surface area contributed by atoms with Crippen LogP contribution in [0.2, 0.25) is 19.6 Å². The summed E-state index contributed by atoms with van der Waals surface area (Å²) in [6, 6.07) is 6.03. The average Bonchev–Trinajstić information content (AvgIpc) is 2.39. The molecule has 1 aromatic carbocycles. The molecule has 23 heavy (non-hydrogen) atoms. The highest BCUT2D eigenvalue weighted by Crippen LogP contribution is 2.32. The number of pyridine rings is 1. The van der Waals surface area contributed by atoms with E-state index in [0.717, 1.165) is 17.3 Å². The standard InChI is InChI=1S/C18H23F3NSi/c1-12-9-14(18(19,20)21)7-8-15(12)16-10-13(2)17(11-22(16)3)23(4,5)6/h7-11H,1-6H3/q+1. The van der Waals surface area contributed by atoms with Crippen LogP contribution in [0.15, 0.2) is 30.5 Å².